The summed E-state index contributed by atoms with van der Waals surface area (Å²) in [7, 11) is 0. The summed E-state index contributed by atoms with van der Waals surface area (Å²) in [4.78, 5) is 15.8. The van der Waals surface area contributed by atoms with Crippen LogP contribution >= 0.6 is 11.8 Å². The molecule has 1 fully saturated rings. The van der Waals surface area contributed by atoms with E-state index in [4.69, 9.17) is 11.8 Å². The van der Waals surface area contributed by atoms with E-state index in [1.165, 1.54) is 16.7 Å². The summed E-state index contributed by atoms with van der Waals surface area (Å²) in [6, 6.07) is 1.79. The Hall–Kier alpha value is -1.46. The van der Waals surface area contributed by atoms with Gasteiger partial charge in [0.2, 0.25) is 5.91 Å². The van der Waals surface area contributed by atoms with Crippen LogP contribution in [0.2, 0.25) is 0 Å². The Bertz CT molecular complexity index is 331. The third-order valence-corrected chi connectivity index (χ3v) is 2.69. The second-order valence-corrected chi connectivity index (χ2v) is 3.27. The molecule has 1 rings (SSSR count). The van der Waals surface area contributed by atoms with Crippen LogP contribution < -0.4 is 0 Å². The summed E-state index contributed by atoms with van der Waals surface area (Å²) in [5, 5.41) is 9.12. The van der Waals surface area contributed by atoms with Gasteiger partial charge in [-0.2, -0.15) is 0 Å². The van der Waals surface area contributed by atoms with Gasteiger partial charge < -0.3 is 4.90 Å². The average Bonchev–Trinajstić information content (AvgIpc) is 2.50. The first-order valence-corrected chi connectivity index (χ1v) is 4.68. The molecule has 0 bridgehead atoms. The van der Waals surface area contributed by atoms with Crippen LogP contribution in [0.15, 0.2) is 10.7 Å². The van der Waals surface area contributed by atoms with E-state index in [0.717, 1.165) is 0 Å². The second-order valence-electron chi connectivity index (χ2n) is 2.30. The molecule has 1 aliphatic heterocycles. The first-order chi connectivity index (χ1) is 6.24. The monoisotopic (exact) mass is 193 g/mol. The maximum atomic E-state index is 11.2. The lowest BCUT2D eigenvalue weighted by atomic mass is 10.4. The van der Waals surface area contributed by atoms with Crippen LogP contribution in [0, 0.1) is 17.9 Å². The molecule has 0 aromatic rings. The van der Waals surface area contributed by atoms with Crippen LogP contribution in [0.5, 0.6) is 0 Å². The van der Waals surface area contributed by atoms with E-state index in [1.807, 2.05) is 6.92 Å². The highest BCUT2D eigenvalue weighted by Gasteiger charge is 2.27. The van der Waals surface area contributed by atoms with Gasteiger partial charge in [-0.15, -0.1) is 11.8 Å². The number of hydrogen-bond donors (Lipinski definition) is 0. The molecule has 0 aliphatic carbocycles. The predicted octanol–water partition coefficient (Wildman–Crippen LogP) is 1.19. The van der Waals surface area contributed by atoms with E-state index in [1.54, 1.807) is 6.07 Å². The van der Waals surface area contributed by atoms with Crippen molar-refractivity contribution in [1.29, 1.82) is 5.26 Å². The van der Waals surface area contributed by atoms with E-state index in [0.29, 0.717) is 17.3 Å². The number of rotatable bonds is 1. The molecule has 0 aromatic heterocycles. The van der Waals surface area contributed by atoms with Crippen molar-refractivity contribution in [3.8, 4) is 6.07 Å². The van der Waals surface area contributed by atoms with E-state index in [-0.39, 0.29) is 11.6 Å². The minimum atomic E-state index is -0.0288. The lowest BCUT2D eigenvalue weighted by molar-refractivity contribution is -0.125. The zero-order chi connectivity index (χ0) is 9.84. The fourth-order valence-electron chi connectivity index (χ4n) is 1.04. The van der Waals surface area contributed by atoms with Gasteiger partial charge in [-0.1, -0.05) is 0 Å². The van der Waals surface area contributed by atoms with Crippen LogP contribution in [0.1, 0.15) is 6.92 Å². The van der Waals surface area contributed by atoms with E-state index >= 15 is 0 Å². The Kier molecular flexibility index (Phi) is 2.94. The average molecular weight is 193 g/mol. The molecule has 1 heterocycles. The molecular weight excluding hydrogens is 186 g/mol. The summed E-state index contributed by atoms with van der Waals surface area (Å²) < 4.78 is 0. The largest absolute Gasteiger partial charge is 0.315 e. The molecule has 5 heteroatoms. The van der Waals surface area contributed by atoms with Crippen molar-refractivity contribution < 1.29 is 4.79 Å². The first-order valence-electron chi connectivity index (χ1n) is 3.69. The molecule has 1 amide bonds. The van der Waals surface area contributed by atoms with Gasteiger partial charge in [0.05, 0.1) is 23.4 Å². The molecule has 0 aromatic carbocycles. The first kappa shape index (κ1) is 9.63. The van der Waals surface area contributed by atoms with Crippen molar-refractivity contribution in [2.75, 3.05) is 12.3 Å². The summed E-state index contributed by atoms with van der Waals surface area (Å²) in [6.45, 7) is 9.09. The van der Waals surface area contributed by atoms with Crippen molar-refractivity contribution >= 4 is 17.7 Å². The number of nitriles is 1. The second kappa shape index (κ2) is 3.97. The van der Waals surface area contributed by atoms with Crippen LogP contribution in [0.25, 0.3) is 4.85 Å². The number of amides is 1. The van der Waals surface area contributed by atoms with Gasteiger partial charge >= 0.3 is 0 Å². The van der Waals surface area contributed by atoms with Gasteiger partial charge in [-0.3, -0.25) is 4.79 Å². The fraction of sp³-hybridized carbons (Fsp3) is 0.375. The van der Waals surface area contributed by atoms with E-state index < -0.39 is 0 Å². The molecule has 0 saturated carbocycles. The summed E-state index contributed by atoms with van der Waals surface area (Å²) in [6.07, 6.45) is 0. The SMILES string of the molecule is [C-]#[N+]/C(C#N)=C1\SCC(=O)N1CC. The van der Waals surface area contributed by atoms with Gasteiger partial charge in [0.25, 0.3) is 5.70 Å². The predicted molar refractivity (Wildman–Crippen MR) is 49.1 cm³/mol. The van der Waals surface area contributed by atoms with Gasteiger partial charge in [-0.05, 0) is 6.92 Å². The highest BCUT2D eigenvalue weighted by atomic mass is 32.2. The number of allylic oxidation sites excluding steroid dienone is 1. The highest BCUT2D eigenvalue weighted by Crippen LogP contribution is 2.31. The Morgan fingerprint density at radius 2 is 2.62 bits per heavy atom. The minimum Gasteiger partial charge on any atom is -0.315 e. The molecule has 1 aliphatic rings. The smallest absolute Gasteiger partial charge is 0.291 e. The number of nitrogens with zero attached hydrogens (tertiary/aromatic N) is 3. The van der Waals surface area contributed by atoms with Crippen molar-refractivity contribution in [1.82, 2.24) is 4.90 Å². The molecule has 4 nitrogen and oxygen atoms in total. The van der Waals surface area contributed by atoms with Crippen LogP contribution in [-0.4, -0.2) is 23.1 Å². The molecule has 0 atom stereocenters. The van der Waals surface area contributed by atoms with Crippen LogP contribution in [-0.2, 0) is 4.79 Å². The summed E-state index contributed by atoms with van der Waals surface area (Å²) in [5.41, 5.74) is 0.0118. The summed E-state index contributed by atoms with van der Waals surface area (Å²) >= 11 is 1.26. The third kappa shape index (κ3) is 1.66. The standard InChI is InChI=1S/C8H7N3OS/c1-3-11-7(12)5-13-8(11)6(4-9)10-2/h3,5H2,1H3/b8-6-. The maximum absolute atomic E-state index is 11.2. The highest BCUT2D eigenvalue weighted by molar-refractivity contribution is 8.04. The third-order valence-electron chi connectivity index (χ3n) is 1.62. The van der Waals surface area contributed by atoms with Crippen molar-refractivity contribution in [2.24, 2.45) is 0 Å². The zero-order valence-corrected chi connectivity index (χ0v) is 7.89. The van der Waals surface area contributed by atoms with Gasteiger partial charge in [-0.25, -0.2) is 10.1 Å². The van der Waals surface area contributed by atoms with Gasteiger partial charge in [0, 0.05) is 6.54 Å². The molecule has 0 radical (unpaired) electrons. The van der Waals surface area contributed by atoms with Crippen LogP contribution in [0.3, 0.4) is 0 Å². The van der Waals surface area contributed by atoms with Crippen molar-refractivity contribution in [2.45, 2.75) is 6.92 Å². The van der Waals surface area contributed by atoms with Gasteiger partial charge in [0.15, 0.2) is 0 Å². The van der Waals surface area contributed by atoms with Gasteiger partial charge in [0.1, 0.15) is 0 Å². The molecule has 66 valence electrons. The molecular formula is C8H7N3OS. The lowest BCUT2D eigenvalue weighted by Crippen LogP contribution is -2.24. The van der Waals surface area contributed by atoms with E-state index in [2.05, 4.69) is 4.85 Å². The Morgan fingerprint density at radius 1 is 1.92 bits per heavy atom. The Morgan fingerprint density at radius 3 is 3.08 bits per heavy atom. The minimum absolute atomic E-state index is 0.0118. The normalized spacial score (nSPS) is 19.6. The topological polar surface area (TPSA) is 48.5 Å². The zero-order valence-electron chi connectivity index (χ0n) is 7.07. The van der Waals surface area contributed by atoms with Crippen molar-refractivity contribution in [3.63, 3.8) is 0 Å². The molecule has 0 N–H and O–H groups in total. The number of thioether (sulfide) groups is 1. The number of carbonyl (C=O) groups excluding carboxylic acids is 1. The van der Waals surface area contributed by atoms with E-state index in [9.17, 15) is 4.79 Å². The molecule has 13 heavy (non-hydrogen) atoms. The quantitative estimate of drug-likeness (QED) is 0.464. The lowest BCUT2D eigenvalue weighted by Gasteiger charge is -2.13. The number of hydrogen-bond acceptors (Lipinski definition) is 3. The molecule has 0 spiro atoms. The Balaban J connectivity index is 3.08. The Labute approximate surface area is 80.6 Å². The number of carbonyl (C=O) groups is 1. The summed E-state index contributed by atoms with van der Waals surface area (Å²) in [5.74, 6) is 0.308. The maximum Gasteiger partial charge on any atom is 0.291 e. The van der Waals surface area contributed by atoms with Crippen molar-refractivity contribution in [3.05, 3.63) is 22.1 Å². The van der Waals surface area contributed by atoms with Crippen LogP contribution in [0.4, 0.5) is 0 Å². The molecule has 0 unspecified atom stereocenters. The fourth-order valence-corrected chi connectivity index (χ4v) is 2.07. The molecule has 1 saturated heterocycles.